The smallest absolute Gasteiger partial charge is 0.412 e. The number of ether oxygens (including phenoxy) is 1. The van der Waals surface area contributed by atoms with E-state index in [1.807, 2.05) is 40.0 Å². The maximum Gasteiger partial charge on any atom is 0.412 e. The van der Waals surface area contributed by atoms with Crippen molar-refractivity contribution in [3.63, 3.8) is 0 Å². The fourth-order valence-electron chi connectivity index (χ4n) is 1.60. The lowest BCUT2D eigenvalue weighted by molar-refractivity contribution is 0.0636. The number of hydrogen-bond donors (Lipinski definition) is 1. The molecule has 0 saturated heterocycles. The molecule has 0 radical (unpaired) electrons. The van der Waals surface area contributed by atoms with Crippen LogP contribution in [0, 0.1) is 0 Å². The molecule has 0 atom stereocenters. The first-order valence-electron chi connectivity index (χ1n) is 6.29. The van der Waals surface area contributed by atoms with Crippen molar-refractivity contribution in [1.82, 2.24) is 14.8 Å². The van der Waals surface area contributed by atoms with Gasteiger partial charge >= 0.3 is 6.09 Å². The molecular formula is C14H18N4O2. The number of carbonyl (C=O) groups excluding carboxylic acids is 1. The number of hydrogen-bond acceptors (Lipinski definition) is 4. The third-order valence-electron chi connectivity index (χ3n) is 2.39. The predicted molar refractivity (Wildman–Crippen MR) is 76.3 cm³/mol. The van der Waals surface area contributed by atoms with E-state index in [0.29, 0.717) is 11.5 Å². The number of anilines is 1. The molecule has 20 heavy (non-hydrogen) atoms. The number of rotatable bonds is 2. The first kappa shape index (κ1) is 14.0. The summed E-state index contributed by atoms with van der Waals surface area (Å²) >= 11 is 0. The average Bonchev–Trinajstić information content (AvgIpc) is 2.74. The molecule has 2 rings (SSSR count). The molecule has 0 spiro atoms. The molecule has 1 aromatic carbocycles. The largest absolute Gasteiger partial charge is 0.444 e. The highest BCUT2D eigenvalue weighted by Gasteiger charge is 2.16. The summed E-state index contributed by atoms with van der Waals surface area (Å²) in [6.07, 6.45) is 1.17. The van der Waals surface area contributed by atoms with Crippen LogP contribution in [0.25, 0.3) is 11.4 Å². The molecule has 1 N–H and O–H groups in total. The van der Waals surface area contributed by atoms with E-state index in [4.69, 9.17) is 4.74 Å². The van der Waals surface area contributed by atoms with E-state index < -0.39 is 11.7 Å². The van der Waals surface area contributed by atoms with Crippen molar-refractivity contribution < 1.29 is 9.53 Å². The molecule has 1 amide bonds. The summed E-state index contributed by atoms with van der Waals surface area (Å²) in [4.78, 5) is 15.8. The van der Waals surface area contributed by atoms with Gasteiger partial charge in [0.2, 0.25) is 0 Å². The van der Waals surface area contributed by atoms with E-state index in [-0.39, 0.29) is 0 Å². The number of amides is 1. The van der Waals surface area contributed by atoms with Gasteiger partial charge in [0.05, 0.1) is 0 Å². The molecule has 0 aliphatic carbocycles. The summed E-state index contributed by atoms with van der Waals surface area (Å²) in [7, 11) is 1.81. The Balaban J connectivity index is 2.03. The van der Waals surface area contributed by atoms with Crippen LogP contribution in [-0.2, 0) is 11.8 Å². The Bertz CT molecular complexity index is 596. The van der Waals surface area contributed by atoms with E-state index >= 15 is 0 Å². The first-order valence-corrected chi connectivity index (χ1v) is 6.29. The Morgan fingerprint density at radius 3 is 2.40 bits per heavy atom. The molecule has 0 unspecified atom stereocenters. The molecule has 6 heteroatoms. The zero-order valence-corrected chi connectivity index (χ0v) is 12.0. The molecule has 0 saturated carbocycles. The van der Waals surface area contributed by atoms with Crippen LogP contribution in [0.1, 0.15) is 20.8 Å². The molecular weight excluding hydrogens is 256 g/mol. The lowest BCUT2D eigenvalue weighted by Gasteiger charge is -2.19. The molecule has 0 aliphatic rings. The standard InChI is InChI=1S/C14H18N4O2/c1-14(2,3)20-13(19)16-11-7-5-10(6-8-11)12-15-9-18(4)17-12/h5-9H,1-4H3,(H,16,19). The van der Waals surface area contributed by atoms with Crippen LogP contribution in [0.3, 0.4) is 0 Å². The minimum atomic E-state index is -0.512. The molecule has 1 heterocycles. The van der Waals surface area contributed by atoms with E-state index in [2.05, 4.69) is 15.4 Å². The van der Waals surface area contributed by atoms with Crippen molar-refractivity contribution in [2.45, 2.75) is 26.4 Å². The van der Waals surface area contributed by atoms with Crippen molar-refractivity contribution in [2.24, 2.45) is 7.05 Å². The number of aromatic nitrogens is 3. The van der Waals surface area contributed by atoms with Gasteiger partial charge < -0.3 is 4.74 Å². The van der Waals surface area contributed by atoms with Crippen molar-refractivity contribution in [3.05, 3.63) is 30.6 Å². The maximum absolute atomic E-state index is 11.6. The third-order valence-corrected chi connectivity index (χ3v) is 2.39. The molecule has 6 nitrogen and oxygen atoms in total. The van der Waals surface area contributed by atoms with Gasteiger partial charge in [-0.25, -0.2) is 9.78 Å². The second-order valence-electron chi connectivity index (χ2n) is 5.45. The van der Waals surface area contributed by atoms with Crippen molar-refractivity contribution in [3.8, 4) is 11.4 Å². The second kappa shape index (κ2) is 5.32. The van der Waals surface area contributed by atoms with Crippen LogP contribution < -0.4 is 5.32 Å². The minimum absolute atomic E-state index is 0.471. The Labute approximate surface area is 117 Å². The Kier molecular flexibility index (Phi) is 3.74. The van der Waals surface area contributed by atoms with Gasteiger partial charge in [0, 0.05) is 18.3 Å². The molecule has 1 aromatic heterocycles. The number of aryl methyl sites for hydroxylation is 1. The van der Waals surface area contributed by atoms with Gasteiger partial charge in [-0.1, -0.05) is 0 Å². The monoisotopic (exact) mass is 274 g/mol. The number of nitrogens with zero attached hydrogens (tertiary/aromatic N) is 3. The van der Waals surface area contributed by atoms with Crippen LogP contribution in [0.15, 0.2) is 30.6 Å². The highest BCUT2D eigenvalue weighted by molar-refractivity contribution is 5.85. The summed E-state index contributed by atoms with van der Waals surface area (Å²) < 4.78 is 6.82. The van der Waals surface area contributed by atoms with Gasteiger partial charge in [0.15, 0.2) is 5.82 Å². The summed E-state index contributed by atoms with van der Waals surface area (Å²) in [6.45, 7) is 5.47. The van der Waals surface area contributed by atoms with Crippen LogP contribution in [-0.4, -0.2) is 26.5 Å². The Morgan fingerprint density at radius 1 is 1.25 bits per heavy atom. The normalized spacial score (nSPS) is 11.2. The van der Waals surface area contributed by atoms with E-state index in [1.165, 1.54) is 0 Å². The SMILES string of the molecule is Cn1cnc(-c2ccc(NC(=O)OC(C)(C)C)cc2)n1. The highest BCUT2D eigenvalue weighted by Crippen LogP contribution is 2.18. The summed E-state index contributed by atoms with van der Waals surface area (Å²) in [5, 5.41) is 6.89. The van der Waals surface area contributed by atoms with Gasteiger partial charge in [-0.15, -0.1) is 0 Å². The van der Waals surface area contributed by atoms with Crippen molar-refractivity contribution >= 4 is 11.8 Å². The van der Waals surface area contributed by atoms with Gasteiger partial charge in [-0.2, -0.15) is 5.10 Å². The summed E-state index contributed by atoms with van der Waals surface area (Å²) in [5.41, 5.74) is 1.04. The Morgan fingerprint density at radius 2 is 1.90 bits per heavy atom. The van der Waals surface area contributed by atoms with E-state index in [1.54, 1.807) is 23.1 Å². The highest BCUT2D eigenvalue weighted by atomic mass is 16.6. The molecule has 106 valence electrons. The molecule has 0 aliphatic heterocycles. The van der Waals surface area contributed by atoms with Crippen LogP contribution in [0.5, 0.6) is 0 Å². The molecule has 0 bridgehead atoms. The fraction of sp³-hybridized carbons (Fsp3) is 0.357. The van der Waals surface area contributed by atoms with Crippen LogP contribution in [0.2, 0.25) is 0 Å². The van der Waals surface area contributed by atoms with E-state index in [9.17, 15) is 4.79 Å². The zero-order chi connectivity index (χ0) is 14.8. The summed E-state index contributed by atoms with van der Waals surface area (Å²) in [5.74, 6) is 0.649. The minimum Gasteiger partial charge on any atom is -0.444 e. The van der Waals surface area contributed by atoms with Crippen molar-refractivity contribution in [2.75, 3.05) is 5.32 Å². The molecule has 2 aromatic rings. The lowest BCUT2D eigenvalue weighted by Crippen LogP contribution is -2.27. The maximum atomic E-state index is 11.6. The first-order chi connectivity index (χ1) is 9.33. The Hall–Kier alpha value is -2.37. The average molecular weight is 274 g/mol. The van der Waals surface area contributed by atoms with Gasteiger partial charge in [0.1, 0.15) is 11.9 Å². The van der Waals surface area contributed by atoms with E-state index in [0.717, 1.165) is 5.56 Å². The number of nitrogens with one attached hydrogen (secondary N) is 1. The van der Waals surface area contributed by atoms with Crippen LogP contribution >= 0.6 is 0 Å². The zero-order valence-electron chi connectivity index (χ0n) is 12.0. The van der Waals surface area contributed by atoms with Gasteiger partial charge in [0.25, 0.3) is 0 Å². The quantitative estimate of drug-likeness (QED) is 0.914. The summed E-state index contributed by atoms with van der Waals surface area (Å²) in [6, 6.07) is 7.27. The fourth-order valence-corrected chi connectivity index (χ4v) is 1.60. The molecule has 0 fully saturated rings. The topological polar surface area (TPSA) is 69.0 Å². The van der Waals surface area contributed by atoms with Gasteiger partial charge in [-0.3, -0.25) is 10.00 Å². The van der Waals surface area contributed by atoms with Crippen LogP contribution in [0.4, 0.5) is 10.5 Å². The second-order valence-corrected chi connectivity index (χ2v) is 5.45. The van der Waals surface area contributed by atoms with Crippen molar-refractivity contribution in [1.29, 1.82) is 0 Å². The van der Waals surface area contributed by atoms with Gasteiger partial charge in [-0.05, 0) is 45.0 Å². The third kappa shape index (κ3) is 3.81. The number of carbonyl (C=O) groups is 1. The predicted octanol–water partition coefficient (Wildman–Crippen LogP) is 2.83. The number of benzene rings is 1. The lowest BCUT2D eigenvalue weighted by atomic mass is 10.2.